The lowest BCUT2D eigenvalue weighted by Crippen LogP contribution is -2.50. The minimum absolute atomic E-state index is 0.105. The number of hydrogen-bond donors (Lipinski definition) is 1. The summed E-state index contributed by atoms with van der Waals surface area (Å²) in [6.07, 6.45) is -1.22. The van der Waals surface area contributed by atoms with Crippen molar-refractivity contribution in [3.8, 4) is 0 Å². The van der Waals surface area contributed by atoms with Gasteiger partial charge in [-0.2, -0.15) is 0 Å². The van der Waals surface area contributed by atoms with E-state index in [0.29, 0.717) is 6.42 Å². The van der Waals surface area contributed by atoms with E-state index >= 15 is 0 Å². The molecule has 1 saturated carbocycles. The lowest BCUT2D eigenvalue weighted by Gasteiger charge is -2.43. The number of carbonyl (C=O) groups excluding carboxylic acids is 2. The highest BCUT2D eigenvalue weighted by Crippen LogP contribution is 2.48. The SMILES string of the molecule is COC(O)[C@H]1[C@H](C)[C@H](OC(C)=O)C[C@H]2C(=O)O[C@H](C)[C@@H]12. The Hall–Kier alpha value is -1.14. The molecule has 2 aliphatic rings. The van der Waals surface area contributed by atoms with E-state index in [1.807, 2.05) is 13.8 Å². The zero-order chi connectivity index (χ0) is 15.0. The van der Waals surface area contributed by atoms with Crippen LogP contribution in [-0.2, 0) is 23.8 Å². The van der Waals surface area contributed by atoms with Crippen molar-refractivity contribution in [3.05, 3.63) is 0 Å². The highest BCUT2D eigenvalue weighted by atomic mass is 16.6. The molecule has 6 heteroatoms. The number of aliphatic hydroxyl groups is 1. The van der Waals surface area contributed by atoms with E-state index in [4.69, 9.17) is 14.2 Å². The molecule has 0 radical (unpaired) electrons. The van der Waals surface area contributed by atoms with Crippen molar-refractivity contribution in [1.82, 2.24) is 0 Å². The summed E-state index contributed by atoms with van der Waals surface area (Å²) in [7, 11) is 1.42. The van der Waals surface area contributed by atoms with Gasteiger partial charge in [-0.05, 0) is 13.3 Å². The van der Waals surface area contributed by atoms with E-state index in [0.717, 1.165) is 0 Å². The highest BCUT2D eigenvalue weighted by Gasteiger charge is 2.56. The lowest BCUT2D eigenvalue weighted by molar-refractivity contribution is -0.187. The summed E-state index contributed by atoms with van der Waals surface area (Å²) in [5.41, 5.74) is 0. The smallest absolute Gasteiger partial charge is 0.309 e. The first kappa shape index (κ1) is 15.3. The molecule has 1 heterocycles. The molecule has 1 saturated heterocycles. The van der Waals surface area contributed by atoms with Gasteiger partial charge in [0.15, 0.2) is 6.29 Å². The van der Waals surface area contributed by atoms with Gasteiger partial charge in [0.25, 0.3) is 0 Å². The molecule has 0 aromatic heterocycles. The third-order valence-corrected chi connectivity index (χ3v) is 4.62. The maximum absolute atomic E-state index is 11.9. The van der Waals surface area contributed by atoms with Crippen LogP contribution in [0.15, 0.2) is 0 Å². The monoisotopic (exact) mass is 286 g/mol. The van der Waals surface area contributed by atoms with Crippen LogP contribution >= 0.6 is 0 Å². The summed E-state index contributed by atoms with van der Waals surface area (Å²) in [5.74, 6) is -1.53. The van der Waals surface area contributed by atoms with Gasteiger partial charge in [-0.3, -0.25) is 9.59 Å². The minimum Gasteiger partial charge on any atom is -0.462 e. The number of cyclic esters (lactones) is 1. The normalized spacial score (nSPS) is 41.8. The number of esters is 2. The van der Waals surface area contributed by atoms with E-state index < -0.39 is 12.4 Å². The molecule has 1 aliphatic carbocycles. The highest BCUT2D eigenvalue weighted by molar-refractivity contribution is 5.75. The van der Waals surface area contributed by atoms with Gasteiger partial charge in [0.2, 0.25) is 0 Å². The second-order valence-electron chi connectivity index (χ2n) is 5.77. The lowest BCUT2D eigenvalue weighted by atomic mass is 9.64. The van der Waals surface area contributed by atoms with Crippen LogP contribution in [0, 0.1) is 23.7 Å². The summed E-state index contributed by atoms with van der Waals surface area (Å²) in [6, 6.07) is 0. The van der Waals surface area contributed by atoms with Crippen molar-refractivity contribution >= 4 is 11.9 Å². The quantitative estimate of drug-likeness (QED) is 0.608. The number of fused-ring (bicyclic) bond motifs is 1. The van der Waals surface area contributed by atoms with Gasteiger partial charge in [0.1, 0.15) is 12.2 Å². The summed E-state index contributed by atoms with van der Waals surface area (Å²) < 4.78 is 15.6. The summed E-state index contributed by atoms with van der Waals surface area (Å²) in [5, 5.41) is 10.1. The van der Waals surface area contributed by atoms with Gasteiger partial charge in [0, 0.05) is 31.8 Å². The average Bonchev–Trinajstić information content (AvgIpc) is 2.64. The van der Waals surface area contributed by atoms with Crippen molar-refractivity contribution in [1.29, 1.82) is 0 Å². The molecular formula is C14H22O6. The van der Waals surface area contributed by atoms with E-state index in [9.17, 15) is 14.7 Å². The molecule has 0 aromatic rings. The zero-order valence-corrected chi connectivity index (χ0v) is 12.2. The van der Waals surface area contributed by atoms with Crippen LogP contribution in [0.2, 0.25) is 0 Å². The molecule has 1 aliphatic heterocycles. The Bertz CT molecular complexity index is 395. The van der Waals surface area contributed by atoms with E-state index in [2.05, 4.69) is 0 Å². The molecule has 0 bridgehead atoms. The fraction of sp³-hybridized carbons (Fsp3) is 0.857. The number of carbonyl (C=O) groups is 2. The second-order valence-corrected chi connectivity index (χ2v) is 5.77. The van der Waals surface area contributed by atoms with Crippen LogP contribution in [0.25, 0.3) is 0 Å². The molecule has 6 nitrogen and oxygen atoms in total. The molecule has 20 heavy (non-hydrogen) atoms. The minimum atomic E-state index is -1.01. The first-order valence-corrected chi connectivity index (χ1v) is 6.95. The van der Waals surface area contributed by atoms with Gasteiger partial charge >= 0.3 is 11.9 Å². The molecule has 1 N–H and O–H groups in total. The Morgan fingerprint density at radius 1 is 1.45 bits per heavy atom. The fourth-order valence-electron chi connectivity index (χ4n) is 3.71. The molecule has 2 fully saturated rings. The first-order chi connectivity index (χ1) is 9.36. The predicted octanol–water partition coefficient (Wildman–Crippen LogP) is 0.717. The Morgan fingerprint density at radius 3 is 2.65 bits per heavy atom. The molecular weight excluding hydrogens is 264 g/mol. The topological polar surface area (TPSA) is 82.1 Å². The summed E-state index contributed by atoms with van der Waals surface area (Å²) in [4.78, 5) is 23.1. The molecule has 0 amide bonds. The van der Waals surface area contributed by atoms with Crippen LogP contribution in [0.5, 0.6) is 0 Å². The van der Waals surface area contributed by atoms with Crippen LogP contribution in [0.3, 0.4) is 0 Å². The van der Waals surface area contributed by atoms with E-state index in [1.54, 1.807) is 0 Å². The standard InChI is InChI=1S/C14H22O6/c1-6-10(20-8(3)15)5-9-12(7(2)19-13(9)16)11(6)14(17)18-4/h6-7,9-12,14,17H,5H2,1-4H3/t6-,7-,9-,10-,11+,12-,14?/m1/s1. The zero-order valence-electron chi connectivity index (χ0n) is 12.2. The number of methoxy groups -OCH3 is 1. The molecule has 114 valence electrons. The Labute approximate surface area is 118 Å². The van der Waals surface area contributed by atoms with E-state index in [1.165, 1.54) is 14.0 Å². The number of rotatable bonds is 3. The van der Waals surface area contributed by atoms with Gasteiger partial charge in [-0.25, -0.2) is 0 Å². The molecule has 0 spiro atoms. The van der Waals surface area contributed by atoms with Crippen LogP contribution in [0.1, 0.15) is 27.2 Å². The summed E-state index contributed by atoms with van der Waals surface area (Å²) in [6.45, 7) is 5.08. The Kier molecular flexibility index (Phi) is 4.34. The third kappa shape index (κ3) is 2.54. The molecule has 0 aromatic carbocycles. The maximum Gasteiger partial charge on any atom is 0.309 e. The van der Waals surface area contributed by atoms with Crippen molar-refractivity contribution in [2.24, 2.45) is 23.7 Å². The van der Waals surface area contributed by atoms with Crippen LogP contribution < -0.4 is 0 Å². The Balaban J connectivity index is 2.29. The number of hydrogen-bond acceptors (Lipinski definition) is 6. The molecule has 7 atom stereocenters. The second kappa shape index (κ2) is 5.69. The van der Waals surface area contributed by atoms with Gasteiger partial charge in [0.05, 0.1) is 5.92 Å². The first-order valence-electron chi connectivity index (χ1n) is 6.95. The maximum atomic E-state index is 11.9. The molecule has 1 unspecified atom stereocenters. The van der Waals surface area contributed by atoms with Crippen molar-refractivity contribution in [3.63, 3.8) is 0 Å². The van der Waals surface area contributed by atoms with Crippen molar-refractivity contribution < 1.29 is 28.9 Å². The largest absolute Gasteiger partial charge is 0.462 e. The number of aliphatic hydroxyl groups excluding tert-OH is 1. The van der Waals surface area contributed by atoms with E-state index in [-0.39, 0.29) is 41.7 Å². The van der Waals surface area contributed by atoms with Crippen molar-refractivity contribution in [2.45, 2.75) is 45.7 Å². The van der Waals surface area contributed by atoms with Gasteiger partial charge in [-0.15, -0.1) is 0 Å². The van der Waals surface area contributed by atoms with Crippen LogP contribution in [-0.4, -0.2) is 42.7 Å². The Morgan fingerprint density at radius 2 is 2.10 bits per heavy atom. The van der Waals surface area contributed by atoms with Gasteiger partial charge < -0.3 is 19.3 Å². The fourth-order valence-corrected chi connectivity index (χ4v) is 3.71. The predicted molar refractivity (Wildman–Crippen MR) is 68.4 cm³/mol. The van der Waals surface area contributed by atoms with Gasteiger partial charge in [-0.1, -0.05) is 6.92 Å². The number of ether oxygens (including phenoxy) is 3. The summed E-state index contributed by atoms with van der Waals surface area (Å²) >= 11 is 0. The van der Waals surface area contributed by atoms with Crippen LogP contribution in [0.4, 0.5) is 0 Å². The average molecular weight is 286 g/mol. The molecule has 2 rings (SSSR count). The van der Waals surface area contributed by atoms with Crippen molar-refractivity contribution in [2.75, 3.05) is 7.11 Å². The third-order valence-electron chi connectivity index (χ3n) is 4.62.